The van der Waals surface area contributed by atoms with Gasteiger partial charge in [-0.1, -0.05) is 6.08 Å². The number of hydrogen-bond acceptors (Lipinski definition) is 4. The van der Waals surface area contributed by atoms with Crippen molar-refractivity contribution < 1.29 is 18.0 Å². The number of carbonyl (C=O) groups is 1. The third-order valence-corrected chi connectivity index (χ3v) is 3.83. The van der Waals surface area contributed by atoms with Gasteiger partial charge < -0.3 is 11.1 Å². The molecule has 0 fully saturated rings. The van der Waals surface area contributed by atoms with E-state index < -0.39 is 17.6 Å². The zero-order chi connectivity index (χ0) is 19.8. The van der Waals surface area contributed by atoms with Crippen molar-refractivity contribution >= 4 is 29.3 Å². The number of nitrogens with one attached hydrogen (secondary N) is 1. The van der Waals surface area contributed by atoms with Crippen molar-refractivity contribution in [2.45, 2.75) is 20.0 Å². The molecule has 0 aliphatic rings. The van der Waals surface area contributed by atoms with Crippen LogP contribution < -0.4 is 11.1 Å². The smallest absolute Gasteiger partial charge is 0.383 e. The van der Waals surface area contributed by atoms with Crippen LogP contribution in [0.3, 0.4) is 0 Å². The van der Waals surface area contributed by atoms with Crippen molar-refractivity contribution in [1.82, 2.24) is 14.4 Å². The van der Waals surface area contributed by atoms with E-state index in [1.54, 1.807) is 41.8 Å². The summed E-state index contributed by atoms with van der Waals surface area (Å²) in [5.41, 5.74) is 6.27. The lowest BCUT2D eigenvalue weighted by Gasteiger charge is -2.11. The third kappa shape index (κ3) is 3.62. The second-order valence-electron chi connectivity index (χ2n) is 5.83. The maximum Gasteiger partial charge on any atom is 0.419 e. The van der Waals surface area contributed by atoms with Crippen LogP contribution >= 0.6 is 0 Å². The van der Waals surface area contributed by atoms with Crippen LogP contribution in [0.5, 0.6) is 0 Å². The van der Waals surface area contributed by atoms with Gasteiger partial charge in [0.25, 0.3) is 0 Å². The maximum atomic E-state index is 13.1. The Kier molecular flexibility index (Phi) is 4.61. The van der Waals surface area contributed by atoms with Crippen LogP contribution in [0.2, 0.25) is 0 Å². The normalized spacial score (nSPS) is 12.0. The van der Waals surface area contributed by atoms with Crippen molar-refractivity contribution in [3.8, 4) is 11.1 Å². The number of hydrogen-bond donors (Lipinski definition) is 2. The first-order valence-electron chi connectivity index (χ1n) is 7.96. The number of nitrogen functional groups attached to an aromatic ring is 1. The van der Waals surface area contributed by atoms with Crippen LogP contribution in [0.25, 0.3) is 22.9 Å². The minimum absolute atomic E-state index is 0.264. The van der Waals surface area contributed by atoms with Crippen LogP contribution in [0.1, 0.15) is 25.1 Å². The van der Waals surface area contributed by atoms with Gasteiger partial charge in [-0.05, 0) is 31.2 Å². The van der Waals surface area contributed by atoms with Gasteiger partial charge in [-0.3, -0.25) is 9.20 Å². The Hall–Kier alpha value is -3.36. The van der Waals surface area contributed by atoms with Gasteiger partial charge in [0.05, 0.1) is 11.3 Å². The minimum Gasteiger partial charge on any atom is -0.383 e. The summed E-state index contributed by atoms with van der Waals surface area (Å²) in [7, 11) is 0. The lowest BCUT2D eigenvalue weighted by molar-refractivity contribution is -0.137. The van der Waals surface area contributed by atoms with Crippen molar-refractivity contribution in [2.24, 2.45) is 0 Å². The molecule has 0 unspecified atom stereocenters. The Labute approximate surface area is 152 Å². The fraction of sp³-hybridized carbons (Fsp3) is 0.167. The largest absolute Gasteiger partial charge is 0.419 e. The van der Waals surface area contributed by atoms with E-state index in [9.17, 15) is 18.0 Å². The summed E-state index contributed by atoms with van der Waals surface area (Å²) in [4.78, 5) is 19.4. The predicted molar refractivity (Wildman–Crippen MR) is 96.8 cm³/mol. The van der Waals surface area contributed by atoms with Gasteiger partial charge in [-0.2, -0.15) is 13.2 Å². The van der Waals surface area contributed by atoms with E-state index in [2.05, 4.69) is 15.3 Å². The summed E-state index contributed by atoms with van der Waals surface area (Å²) < 4.78 is 41.0. The second-order valence-corrected chi connectivity index (χ2v) is 5.83. The van der Waals surface area contributed by atoms with E-state index in [4.69, 9.17) is 5.73 Å². The van der Waals surface area contributed by atoms with Gasteiger partial charge in [0.15, 0.2) is 5.82 Å². The summed E-state index contributed by atoms with van der Waals surface area (Å²) in [5, 5.41) is 2.64. The molecule has 0 saturated carbocycles. The Balaban J connectivity index is 2.17. The van der Waals surface area contributed by atoms with Crippen molar-refractivity contribution in [3.63, 3.8) is 0 Å². The predicted octanol–water partition coefficient (Wildman–Crippen LogP) is 3.99. The number of pyridine rings is 2. The molecular weight excluding hydrogens is 359 g/mol. The van der Waals surface area contributed by atoms with Gasteiger partial charge in [-0.25, -0.2) is 9.97 Å². The van der Waals surface area contributed by atoms with Gasteiger partial charge in [0.1, 0.15) is 11.5 Å². The minimum atomic E-state index is -4.60. The Morgan fingerprint density at radius 1 is 1.30 bits per heavy atom. The highest BCUT2D eigenvalue weighted by molar-refractivity contribution is 5.90. The number of rotatable bonds is 3. The zero-order valence-corrected chi connectivity index (χ0v) is 14.5. The molecule has 3 N–H and O–H groups in total. The molecular formula is C18H16F3N5O. The molecule has 0 atom stereocenters. The molecule has 3 aromatic rings. The molecule has 0 aliphatic heterocycles. The number of allylic oxidation sites excluding steroid dienone is 1. The molecule has 0 aromatic carbocycles. The van der Waals surface area contributed by atoms with E-state index in [0.717, 1.165) is 6.07 Å². The second kappa shape index (κ2) is 6.75. The van der Waals surface area contributed by atoms with Gasteiger partial charge in [0, 0.05) is 30.4 Å². The molecule has 140 valence electrons. The summed E-state index contributed by atoms with van der Waals surface area (Å²) in [6.07, 6.45) is 1.84. The van der Waals surface area contributed by atoms with Crippen molar-refractivity contribution in [2.75, 3.05) is 11.1 Å². The average Bonchev–Trinajstić information content (AvgIpc) is 2.91. The first-order chi connectivity index (χ1) is 12.7. The molecule has 3 aromatic heterocycles. The van der Waals surface area contributed by atoms with E-state index in [1.807, 2.05) is 0 Å². The first-order valence-corrected chi connectivity index (χ1v) is 7.96. The van der Waals surface area contributed by atoms with Gasteiger partial charge >= 0.3 is 6.18 Å². The number of imidazole rings is 1. The molecule has 3 rings (SSSR count). The summed E-state index contributed by atoms with van der Waals surface area (Å²) in [6, 6.07) is 4.24. The highest BCUT2D eigenvalue weighted by Gasteiger charge is 2.34. The van der Waals surface area contributed by atoms with Crippen molar-refractivity contribution in [3.05, 3.63) is 47.9 Å². The van der Waals surface area contributed by atoms with Crippen LogP contribution in [0, 0.1) is 0 Å². The number of amides is 1. The Bertz CT molecular complexity index is 1050. The molecule has 9 heteroatoms. The molecule has 1 amide bonds. The summed E-state index contributed by atoms with van der Waals surface area (Å²) in [6.45, 7) is 3.17. The molecule has 0 radical (unpaired) electrons. The summed E-state index contributed by atoms with van der Waals surface area (Å²) >= 11 is 0. The molecule has 3 heterocycles. The number of halogens is 3. The fourth-order valence-electron chi connectivity index (χ4n) is 2.67. The lowest BCUT2D eigenvalue weighted by Crippen LogP contribution is -2.10. The van der Waals surface area contributed by atoms with E-state index in [0.29, 0.717) is 22.7 Å². The number of alkyl halides is 3. The quantitative estimate of drug-likeness (QED) is 0.725. The van der Waals surface area contributed by atoms with Crippen LogP contribution in [-0.2, 0) is 11.0 Å². The van der Waals surface area contributed by atoms with Gasteiger partial charge in [-0.15, -0.1) is 0 Å². The topological polar surface area (TPSA) is 85.3 Å². The molecule has 0 saturated heterocycles. The van der Waals surface area contributed by atoms with Crippen LogP contribution in [0.4, 0.5) is 24.8 Å². The molecule has 0 bridgehead atoms. The monoisotopic (exact) mass is 375 g/mol. The first kappa shape index (κ1) is 18.4. The van der Waals surface area contributed by atoms with Crippen LogP contribution in [-0.4, -0.2) is 20.3 Å². The maximum absolute atomic E-state index is 13.1. The average molecular weight is 375 g/mol. The summed E-state index contributed by atoms with van der Waals surface area (Å²) in [5.74, 6) is -0.483. The number of aromatic nitrogens is 3. The SMILES string of the molecule is C/C=C\c1c(NC(C)=O)nc2ccc(-c3cnc(N)c(C(F)(F)F)c3)cn12. The number of fused-ring (bicyclic) bond motifs is 1. The zero-order valence-electron chi connectivity index (χ0n) is 14.5. The molecule has 0 aliphatic carbocycles. The number of nitrogens with two attached hydrogens (primary N) is 1. The highest BCUT2D eigenvalue weighted by atomic mass is 19.4. The van der Waals surface area contributed by atoms with E-state index in [1.165, 1.54) is 13.1 Å². The Morgan fingerprint density at radius 2 is 2.04 bits per heavy atom. The molecule has 6 nitrogen and oxygen atoms in total. The third-order valence-electron chi connectivity index (χ3n) is 3.83. The molecule has 0 spiro atoms. The van der Waals surface area contributed by atoms with E-state index >= 15 is 0 Å². The lowest BCUT2D eigenvalue weighted by atomic mass is 10.1. The van der Waals surface area contributed by atoms with E-state index in [-0.39, 0.29) is 11.5 Å². The van der Waals surface area contributed by atoms with Crippen molar-refractivity contribution in [1.29, 1.82) is 0 Å². The Morgan fingerprint density at radius 3 is 2.67 bits per heavy atom. The number of anilines is 2. The number of nitrogens with zero attached hydrogens (tertiary/aromatic N) is 3. The van der Waals surface area contributed by atoms with Gasteiger partial charge in [0.2, 0.25) is 5.91 Å². The standard InChI is InChI=1S/C18H16F3N5O/c1-3-4-14-17(24-10(2)27)25-15-6-5-11(9-26(14)15)12-7-13(18(19,20)21)16(22)23-8-12/h3-9H,1-2H3,(H2,22,23)(H,24,27)/b4-3-. The molecule has 27 heavy (non-hydrogen) atoms. The highest BCUT2D eigenvalue weighted by Crippen LogP contribution is 2.35. The number of carbonyl (C=O) groups excluding carboxylic acids is 1. The van der Waals surface area contributed by atoms with Crippen LogP contribution in [0.15, 0.2) is 36.7 Å². The fourth-order valence-corrected chi connectivity index (χ4v) is 2.67.